The van der Waals surface area contributed by atoms with Crippen LogP contribution >= 0.6 is 0 Å². The van der Waals surface area contributed by atoms with Gasteiger partial charge in [-0.25, -0.2) is 0 Å². The van der Waals surface area contributed by atoms with Gasteiger partial charge in [0.1, 0.15) is 5.78 Å². The van der Waals surface area contributed by atoms with Crippen molar-refractivity contribution in [3.05, 3.63) is 0 Å². The van der Waals surface area contributed by atoms with Crippen molar-refractivity contribution in [2.24, 2.45) is 5.92 Å². The van der Waals surface area contributed by atoms with Gasteiger partial charge in [0.25, 0.3) is 0 Å². The minimum atomic E-state index is -0.189. The molecule has 0 bridgehead atoms. The van der Waals surface area contributed by atoms with Crippen LogP contribution in [0.1, 0.15) is 39.0 Å². The highest BCUT2D eigenvalue weighted by Gasteiger charge is 2.31. The topological polar surface area (TPSA) is 40.5 Å². The van der Waals surface area contributed by atoms with Crippen LogP contribution in [0, 0.1) is 5.92 Å². The number of nitrogens with zero attached hydrogens (tertiary/aromatic N) is 1. The van der Waals surface area contributed by atoms with Crippen LogP contribution in [-0.4, -0.2) is 41.0 Å². The molecule has 1 N–H and O–H groups in total. The number of hydrogen-bond acceptors (Lipinski definition) is 3. The molecule has 1 heterocycles. The van der Waals surface area contributed by atoms with Gasteiger partial charge in [0, 0.05) is 32.0 Å². The van der Waals surface area contributed by atoms with Crippen LogP contribution in [0.15, 0.2) is 0 Å². The molecule has 0 aromatic heterocycles. The summed E-state index contributed by atoms with van der Waals surface area (Å²) in [4.78, 5) is 13.7. The van der Waals surface area contributed by atoms with E-state index in [1.54, 1.807) is 0 Å². The summed E-state index contributed by atoms with van der Waals surface area (Å²) in [6, 6.07) is 0.406. The first-order chi connectivity index (χ1) is 7.15. The van der Waals surface area contributed by atoms with Gasteiger partial charge < -0.3 is 5.11 Å². The van der Waals surface area contributed by atoms with E-state index in [0.717, 1.165) is 38.8 Å². The van der Waals surface area contributed by atoms with Crippen molar-refractivity contribution in [3.63, 3.8) is 0 Å². The van der Waals surface area contributed by atoms with Gasteiger partial charge in [-0.15, -0.1) is 0 Å². The molecule has 3 unspecified atom stereocenters. The molecular weight excluding hydrogens is 190 g/mol. The second kappa shape index (κ2) is 4.62. The normalized spacial score (nSPS) is 39.3. The van der Waals surface area contributed by atoms with Gasteiger partial charge in [0.2, 0.25) is 0 Å². The molecule has 3 heteroatoms. The monoisotopic (exact) mass is 211 g/mol. The number of aliphatic hydroxyl groups is 1. The zero-order chi connectivity index (χ0) is 10.8. The lowest BCUT2D eigenvalue weighted by Crippen LogP contribution is -2.49. The van der Waals surface area contributed by atoms with E-state index in [0.29, 0.717) is 24.2 Å². The highest BCUT2D eigenvalue weighted by Crippen LogP contribution is 2.25. The molecule has 1 saturated heterocycles. The number of hydrogen-bond donors (Lipinski definition) is 1. The van der Waals surface area contributed by atoms with Gasteiger partial charge >= 0.3 is 0 Å². The summed E-state index contributed by atoms with van der Waals surface area (Å²) < 4.78 is 0. The van der Waals surface area contributed by atoms with Gasteiger partial charge in [0.15, 0.2) is 0 Å². The van der Waals surface area contributed by atoms with Crippen molar-refractivity contribution in [3.8, 4) is 0 Å². The maximum atomic E-state index is 11.4. The Kier molecular flexibility index (Phi) is 3.42. The number of aliphatic hydroxyl groups excluding tert-OH is 1. The van der Waals surface area contributed by atoms with Crippen LogP contribution in [0.25, 0.3) is 0 Å². The second-order valence-corrected chi connectivity index (χ2v) is 5.24. The minimum Gasteiger partial charge on any atom is -0.392 e. The molecule has 1 aliphatic heterocycles. The zero-order valence-corrected chi connectivity index (χ0v) is 9.48. The number of carbonyl (C=O) groups excluding carboxylic acids is 1. The first-order valence-electron chi connectivity index (χ1n) is 6.09. The molecule has 2 rings (SSSR count). The van der Waals surface area contributed by atoms with Crippen molar-refractivity contribution in [2.75, 3.05) is 13.1 Å². The molecule has 3 nitrogen and oxygen atoms in total. The van der Waals surface area contributed by atoms with Crippen LogP contribution < -0.4 is 0 Å². The summed E-state index contributed by atoms with van der Waals surface area (Å²) >= 11 is 0. The third-order valence-electron chi connectivity index (χ3n) is 3.64. The van der Waals surface area contributed by atoms with E-state index in [1.165, 1.54) is 0 Å². The number of rotatable bonds is 1. The van der Waals surface area contributed by atoms with E-state index >= 15 is 0 Å². The highest BCUT2D eigenvalue weighted by atomic mass is 16.3. The summed E-state index contributed by atoms with van der Waals surface area (Å²) in [5, 5.41) is 9.72. The Morgan fingerprint density at radius 3 is 2.87 bits per heavy atom. The summed E-state index contributed by atoms with van der Waals surface area (Å²) in [6.07, 6.45) is 4.36. The van der Waals surface area contributed by atoms with Gasteiger partial charge in [-0.2, -0.15) is 0 Å². The molecule has 0 radical (unpaired) electrons. The Bertz CT molecular complexity index is 232. The molecule has 2 aliphatic rings. The predicted octanol–water partition coefficient (Wildman–Crippen LogP) is 1.20. The lowest BCUT2D eigenvalue weighted by atomic mass is 9.89. The van der Waals surface area contributed by atoms with Crippen LogP contribution in [0.2, 0.25) is 0 Å². The largest absolute Gasteiger partial charge is 0.392 e. The quantitative estimate of drug-likeness (QED) is 0.708. The first kappa shape index (κ1) is 11.1. The molecule has 1 aliphatic carbocycles. The van der Waals surface area contributed by atoms with E-state index in [-0.39, 0.29) is 6.10 Å². The van der Waals surface area contributed by atoms with Gasteiger partial charge in [-0.05, 0) is 25.2 Å². The fourth-order valence-corrected chi connectivity index (χ4v) is 2.97. The van der Waals surface area contributed by atoms with Gasteiger partial charge in [-0.3, -0.25) is 9.69 Å². The Morgan fingerprint density at radius 1 is 1.40 bits per heavy atom. The lowest BCUT2D eigenvalue weighted by Gasteiger charge is -2.40. The number of carbonyl (C=O) groups is 1. The van der Waals surface area contributed by atoms with Crippen molar-refractivity contribution >= 4 is 5.78 Å². The van der Waals surface area contributed by atoms with Crippen LogP contribution in [0.5, 0.6) is 0 Å². The first-order valence-corrected chi connectivity index (χ1v) is 6.09. The third kappa shape index (κ3) is 2.79. The van der Waals surface area contributed by atoms with Gasteiger partial charge in [-0.1, -0.05) is 6.92 Å². The van der Waals surface area contributed by atoms with E-state index < -0.39 is 0 Å². The summed E-state index contributed by atoms with van der Waals surface area (Å²) in [5.41, 5.74) is 0. The van der Waals surface area contributed by atoms with Crippen molar-refractivity contribution in [2.45, 2.75) is 51.2 Å². The van der Waals surface area contributed by atoms with Crippen molar-refractivity contribution in [1.82, 2.24) is 4.90 Å². The Balaban J connectivity index is 1.93. The van der Waals surface area contributed by atoms with Crippen molar-refractivity contribution in [1.29, 1.82) is 0 Å². The summed E-state index contributed by atoms with van der Waals surface area (Å²) in [7, 11) is 0. The number of Topliss-reactive ketones (excluding diaryl/α,β-unsaturated/α-hetero) is 1. The summed E-state index contributed by atoms with van der Waals surface area (Å²) in [6.45, 7) is 4.00. The van der Waals surface area contributed by atoms with E-state index in [2.05, 4.69) is 11.8 Å². The number of likely N-dealkylation sites (tertiary alicyclic amines) is 1. The fraction of sp³-hybridized carbons (Fsp3) is 0.917. The van der Waals surface area contributed by atoms with Crippen LogP contribution in [0.4, 0.5) is 0 Å². The molecule has 0 spiro atoms. The SMILES string of the molecule is CC1CC(O)CN(C2CCCC(=O)C2)C1. The Hall–Kier alpha value is -0.410. The smallest absolute Gasteiger partial charge is 0.134 e. The predicted molar refractivity (Wildman–Crippen MR) is 58.6 cm³/mol. The average Bonchev–Trinajstić information content (AvgIpc) is 2.16. The fourth-order valence-electron chi connectivity index (χ4n) is 2.97. The molecular formula is C12H21NO2. The molecule has 3 atom stereocenters. The van der Waals surface area contributed by atoms with Crippen LogP contribution in [0.3, 0.4) is 0 Å². The Labute approximate surface area is 91.5 Å². The third-order valence-corrected chi connectivity index (χ3v) is 3.64. The maximum absolute atomic E-state index is 11.4. The number of β-amino-alcohol motifs (C(OH)–C–C–N with tert-alkyl or cyclic N) is 1. The standard InChI is InChI=1S/C12H21NO2/c1-9-5-12(15)8-13(7-9)10-3-2-4-11(14)6-10/h9-10,12,15H,2-8H2,1H3. The number of piperidine rings is 1. The molecule has 15 heavy (non-hydrogen) atoms. The number of ketones is 1. The molecule has 2 fully saturated rings. The van der Waals surface area contributed by atoms with Gasteiger partial charge in [0.05, 0.1) is 6.10 Å². The second-order valence-electron chi connectivity index (χ2n) is 5.24. The summed E-state index contributed by atoms with van der Waals surface area (Å²) in [5.74, 6) is 0.963. The molecule has 0 amide bonds. The maximum Gasteiger partial charge on any atom is 0.134 e. The minimum absolute atomic E-state index is 0.189. The zero-order valence-electron chi connectivity index (χ0n) is 9.48. The Morgan fingerprint density at radius 2 is 2.20 bits per heavy atom. The van der Waals surface area contributed by atoms with Crippen LogP contribution in [-0.2, 0) is 4.79 Å². The van der Waals surface area contributed by atoms with E-state index in [4.69, 9.17) is 0 Å². The molecule has 86 valence electrons. The van der Waals surface area contributed by atoms with Crippen molar-refractivity contribution < 1.29 is 9.90 Å². The molecule has 0 aromatic rings. The van der Waals surface area contributed by atoms with E-state index in [9.17, 15) is 9.90 Å². The lowest BCUT2D eigenvalue weighted by molar-refractivity contribution is -0.122. The molecule has 0 aromatic carbocycles. The molecule has 1 saturated carbocycles. The van der Waals surface area contributed by atoms with E-state index in [1.807, 2.05) is 0 Å². The average molecular weight is 211 g/mol. The highest BCUT2D eigenvalue weighted by molar-refractivity contribution is 5.79.